The topological polar surface area (TPSA) is 57.4 Å². The Morgan fingerprint density at radius 1 is 1.19 bits per heavy atom. The van der Waals surface area contributed by atoms with Gasteiger partial charge in [-0.1, -0.05) is 37.5 Å². The van der Waals surface area contributed by atoms with E-state index in [2.05, 4.69) is 48.1 Å². The van der Waals surface area contributed by atoms with Gasteiger partial charge in [-0.25, -0.2) is 0 Å². The average molecular weight is 351 g/mol. The van der Waals surface area contributed by atoms with Crippen LogP contribution < -0.4 is 5.73 Å². The van der Waals surface area contributed by atoms with Crippen molar-refractivity contribution in [2.75, 3.05) is 20.1 Å². The summed E-state index contributed by atoms with van der Waals surface area (Å²) in [5.41, 5.74) is 13.6. The molecule has 1 aromatic heterocycles. The first-order valence-electron chi connectivity index (χ1n) is 9.95. The number of nitrogens with zero attached hydrogens (tertiary/aromatic N) is 2. The number of piperidine rings is 1. The van der Waals surface area contributed by atoms with Gasteiger partial charge in [-0.3, -0.25) is 4.99 Å². The van der Waals surface area contributed by atoms with Crippen LogP contribution in [0.3, 0.4) is 0 Å². The Morgan fingerprint density at radius 3 is 2.77 bits per heavy atom. The minimum Gasteiger partial charge on any atom is -0.398 e. The lowest BCUT2D eigenvalue weighted by atomic mass is 9.93. The number of likely N-dealkylation sites (tertiary alicyclic amines) is 1. The van der Waals surface area contributed by atoms with Gasteiger partial charge in [0, 0.05) is 58.7 Å². The Balaban J connectivity index is 1.79. The minimum atomic E-state index is 0.494. The molecule has 4 heteroatoms. The summed E-state index contributed by atoms with van der Waals surface area (Å²) in [4.78, 5) is 11.0. The number of nitrogens with one attached hydrogen (secondary N) is 1. The Kier molecular flexibility index (Phi) is 4.86. The lowest BCUT2D eigenvalue weighted by Crippen LogP contribution is -2.35. The molecule has 0 atom stereocenters. The van der Waals surface area contributed by atoms with E-state index >= 15 is 0 Å². The lowest BCUT2D eigenvalue weighted by molar-refractivity contribution is 0.363. The summed E-state index contributed by atoms with van der Waals surface area (Å²) in [6, 6.07) is 8.92. The number of hydrogen-bond donors (Lipinski definition) is 2. The Labute approximate surface area is 156 Å². The first-order chi connectivity index (χ1) is 12.6. The number of H-pyrrole nitrogens is 1. The fourth-order valence-electron chi connectivity index (χ4n) is 4.48. The maximum atomic E-state index is 6.79. The van der Waals surface area contributed by atoms with Crippen molar-refractivity contribution >= 4 is 22.3 Å². The molecule has 26 heavy (non-hydrogen) atoms. The van der Waals surface area contributed by atoms with Crippen LogP contribution in [-0.2, 0) is 0 Å². The van der Waals surface area contributed by atoms with Crippen molar-refractivity contribution in [3.8, 4) is 0 Å². The summed E-state index contributed by atoms with van der Waals surface area (Å²) in [5.74, 6) is 0. The summed E-state index contributed by atoms with van der Waals surface area (Å²) in [5, 5.41) is 1.21. The smallest absolute Gasteiger partial charge is 0.0503 e. The molecule has 1 saturated carbocycles. The zero-order chi connectivity index (χ0) is 18.1. The number of likely N-dealkylation sites (N-methyl/N-ethyl adjacent to an activating group) is 1. The van der Waals surface area contributed by atoms with Crippen molar-refractivity contribution in [3.05, 3.63) is 41.1 Å². The van der Waals surface area contributed by atoms with E-state index < -0.39 is 0 Å². The van der Waals surface area contributed by atoms with Gasteiger partial charge in [-0.2, -0.15) is 0 Å². The molecular formula is C22H30N4. The van der Waals surface area contributed by atoms with Crippen LogP contribution in [0, 0.1) is 6.92 Å². The summed E-state index contributed by atoms with van der Waals surface area (Å²) in [6.45, 7) is 4.07. The number of aromatic nitrogens is 1. The molecule has 3 N–H and O–H groups in total. The van der Waals surface area contributed by atoms with E-state index in [0.717, 1.165) is 42.0 Å². The van der Waals surface area contributed by atoms with E-state index in [4.69, 9.17) is 10.7 Å². The molecule has 0 spiro atoms. The third-order valence-electron chi connectivity index (χ3n) is 5.91. The minimum absolute atomic E-state index is 0.494. The van der Waals surface area contributed by atoms with Crippen LogP contribution in [0.4, 0.5) is 0 Å². The van der Waals surface area contributed by atoms with Gasteiger partial charge in [0.05, 0.1) is 6.04 Å². The van der Waals surface area contributed by atoms with E-state index in [1.54, 1.807) is 0 Å². The van der Waals surface area contributed by atoms with Crippen molar-refractivity contribution in [2.24, 2.45) is 10.7 Å². The summed E-state index contributed by atoms with van der Waals surface area (Å²) in [6.07, 6.45) is 7.47. The standard InChI is InChI=1S/C22H30N4/c1-15-21(17-10-6-7-11-19(17)24-15)22(23)18-14-26(2)13-12-20(18)25-16-8-4-3-5-9-16/h6-7,10-11,16,24H,3-5,8-9,12-14,23H2,1-2H3. The van der Waals surface area contributed by atoms with Crippen LogP contribution in [-0.4, -0.2) is 41.8 Å². The normalized spacial score (nSPS) is 23.7. The molecule has 2 heterocycles. The van der Waals surface area contributed by atoms with Crippen LogP contribution in [0.1, 0.15) is 49.8 Å². The van der Waals surface area contributed by atoms with Crippen LogP contribution >= 0.6 is 0 Å². The highest BCUT2D eigenvalue weighted by molar-refractivity contribution is 6.09. The lowest BCUT2D eigenvalue weighted by Gasteiger charge is -2.29. The molecular weight excluding hydrogens is 320 g/mol. The second kappa shape index (κ2) is 7.28. The van der Waals surface area contributed by atoms with Crippen molar-refractivity contribution in [1.82, 2.24) is 9.88 Å². The molecule has 2 aliphatic rings. The zero-order valence-corrected chi connectivity index (χ0v) is 16.0. The number of para-hydroxylation sites is 1. The number of nitrogens with two attached hydrogens (primary N) is 1. The maximum Gasteiger partial charge on any atom is 0.0503 e. The molecule has 0 amide bonds. The molecule has 2 aromatic rings. The Hall–Kier alpha value is -2.07. The van der Waals surface area contributed by atoms with Crippen LogP contribution in [0.25, 0.3) is 16.6 Å². The molecule has 4 rings (SSSR count). The molecule has 0 radical (unpaired) electrons. The van der Waals surface area contributed by atoms with E-state index in [0.29, 0.717) is 6.04 Å². The fourth-order valence-corrected chi connectivity index (χ4v) is 4.48. The quantitative estimate of drug-likeness (QED) is 0.850. The highest BCUT2D eigenvalue weighted by Gasteiger charge is 2.24. The van der Waals surface area contributed by atoms with Gasteiger partial charge in [0.25, 0.3) is 0 Å². The van der Waals surface area contributed by atoms with Gasteiger partial charge in [0.2, 0.25) is 0 Å². The van der Waals surface area contributed by atoms with Crippen molar-refractivity contribution in [3.63, 3.8) is 0 Å². The van der Waals surface area contributed by atoms with Gasteiger partial charge in [-0.05, 0) is 32.9 Å². The monoisotopic (exact) mass is 350 g/mol. The average Bonchev–Trinajstić information content (AvgIpc) is 2.99. The molecule has 1 saturated heterocycles. The summed E-state index contributed by atoms with van der Waals surface area (Å²) in [7, 11) is 2.17. The van der Waals surface area contributed by atoms with Gasteiger partial charge in [-0.15, -0.1) is 0 Å². The SMILES string of the molecule is Cc1[nH]c2ccccc2c1C(N)=C1CN(C)CCC1=NC1CCCCC1. The first-order valence-corrected chi connectivity index (χ1v) is 9.95. The number of rotatable bonds is 2. The van der Waals surface area contributed by atoms with Crippen molar-refractivity contribution < 1.29 is 0 Å². The molecule has 0 bridgehead atoms. The van der Waals surface area contributed by atoms with Crippen molar-refractivity contribution in [1.29, 1.82) is 0 Å². The Bertz CT molecular complexity index is 852. The number of aromatic amines is 1. The molecule has 1 aromatic carbocycles. The van der Waals surface area contributed by atoms with Gasteiger partial charge >= 0.3 is 0 Å². The molecule has 0 unspecified atom stereocenters. The number of hydrogen-bond acceptors (Lipinski definition) is 3. The largest absolute Gasteiger partial charge is 0.398 e. The van der Waals surface area contributed by atoms with Gasteiger partial charge in [0.15, 0.2) is 0 Å². The van der Waals surface area contributed by atoms with Crippen LogP contribution in [0.15, 0.2) is 34.8 Å². The van der Waals surface area contributed by atoms with E-state index in [1.807, 2.05) is 0 Å². The predicted octanol–water partition coefficient (Wildman–Crippen LogP) is 4.26. The third-order valence-corrected chi connectivity index (χ3v) is 5.91. The molecule has 1 aliphatic heterocycles. The number of benzene rings is 1. The highest BCUT2D eigenvalue weighted by Crippen LogP contribution is 2.30. The van der Waals surface area contributed by atoms with Crippen molar-refractivity contribution in [2.45, 2.75) is 51.5 Å². The zero-order valence-electron chi connectivity index (χ0n) is 16.0. The first kappa shape index (κ1) is 17.3. The molecule has 4 nitrogen and oxygen atoms in total. The third kappa shape index (κ3) is 3.30. The molecule has 1 aliphatic carbocycles. The van der Waals surface area contributed by atoms with Gasteiger partial charge < -0.3 is 15.6 Å². The maximum absolute atomic E-state index is 6.79. The molecule has 138 valence electrons. The van der Waals surface area contributed by atoms with E-state index in [-0.39, 0.29) is 0 Å². The fraction of sp³-hybridized carbons (Fsp3) is 0.500. The molecule has 2 fully saturated rings. The number of fused-ring (bicyclic) bond motifs is 1. The number of aryl methyl sites for hydroxylation is 1. The Morgan fingerprint density at radius 2 is 1.96 bits per heavy atom. The second-order valence-electron chi connectivity index (χ2n) is 7.92. The highest BCUT2D eigenvalue weighted by atomic mass is 15.1. The van der Waals surface area contributed by atoms with Gasteiger partial charge in [0.1, 0.15) is 0 Å². The number of aliphatic imine (C=N–C) groups is 1. The predicted molar refractivity (Wildman–Crippen MR) is 111 cm³/mol. The van der Waals surface area contributed by atoms with Crippen LogP contribution in [0.2, 0.25) is 0 Å². The summed E-state index contributed by atoms with van der Waals surface area (Å²) < 4.78 is 0. The van der Waals surface area contributed by atoms with E-state index in [1.165, 1.54) is 48.8 Å². The van der Waals surface area contributed by atoms with Crippen LogP contribution in [0.5, 0.6) is 0 Å². The summed E-state index contributed by atoms with van der Waals surface area (Å²) >= 11 is 0. The second-order valence-corrected chi connectivity index (χ2v) is 7.92. The van der Waals surface area contributed by atoms with E-state index in [9.17, 15) is 0 Å².